The largest absolute Gasteiger partial charge is 0.457 e. The van der Waals surface area contributed by atoms with Gasteiger partial charge in [0.15, 0.2) is 5.16 Å². The first-order chi connectivity index (χ1) is 14.7. The van der Waals surface area contributed by atoms with Crippen molar-refractivity contribution in [1.82, 2.24) is 14.8 Å². The Balaban J connectivity index is 1.16. The van der Waals surface area contributed by atoms with Crippen molar-refractivity contribution in [2.45, 2.75) is 49.7 Å². The van der Waals surface area contributed by atoms with Crippen LogP contribution in [0.5, 0.6) is 11.5 Å². The second-order valence-electron chi connectivity index (χ2n) is 8.00. The summed E-state index contributed by atoms with van der Waals surface area (Å²) < 4.78 is 8.13. The molecule has 30 heavy (non-hydrogen) atoms. The van der Waals surface area contributed by atoms with E-state index in [9.17, 15) is 4.79 Å². The lowest BCUT2D eigenvalue weighted by Gasteiger charge is -2.09. The van der Waals surface area contributed by atoms with E-state index >= 15 is 0 Å². The monoisotopic (exact) mass is 420 g/mol. The minimum Gasteiger partial charge on any atom is -0.457 e. The standard InChI is InChI=1S/C23H24N4O2S/c1-15-3-2-4-20(13-15)29-19-11-7-17(8-12-19)24-21(28)14-30-23-26-25-22(16-5-6-16)27(23)18-9-10-18/h2-4,7-8,11-13,16,18H,5-6,9-10,14H2,1H3,(H,24,28). The average Bonchev–Trinajstić information content (AvgIpc) is 3.67. The highest BCUT2D eigenvalue weighted by Gasteiger charge is 2.36. The zero-order chi connectivity index (χ0) is 20.5. The molecular weight excluding hydrogens is 396 g/mol. The summed E-state index contributed by atoms with van der Waals surface area (Å²) in [5.74, 6) is 3.49. The van der Waals surface area contributed by atoms with Crippen molar-refractivity contribution >= 4 is 23.4 Å². The molecule has 0 radical (unpaired) electrons. The lowest BCUT2D eigenvalue weighted by molar-refractivity contribution is -0.113. The third kappa shape index (κ3) is 4.51. The summed E-state index contributed by atoms with van der Waals surface area (Å²) in [6, 6.07) is 15.9. The summed E-state index contributed by atoms with van der Waals surface area (Å²) in [7, 11) is 0. The number of hydrogen-bond donors (Lipinski definition) is 1. The predicted octanol–water partition coefficient (Wildman–Crippen LogP) is 5.32. The summed E-state index contributed by atoms with van der Waals surface area (Å²) in [5.41, 5.74) is 1.90. The van der Waals surface area contributed by atoms with Crippen LogP contribution in [0.3, 0.4) is 0 Å². The van der Waals surface area contributed by atoms with Crippen LogP contribution in [0, 0.1) is 6.92 Å². The summed E-state index contributed by atoms with van der Waals surface area (Å²) in [6.07, 6.45) is 4.79. The molecule has 2 fully saturated rings. The number of nitrogens with one attached hydrogen (secondary N) is 1. The molecule has 0 bridgehead atoms. The van der Waals surface area contributed by atoms with Gasteiger partial charge in [0.1, 0.15) is 17.3 Å². The van der Waals surface area contributed by atoms with Crippen LogP contribution >= 0.6 is 11.8 Å². The van der Waals surface area contributed by atoms with Crippen LogP contribution in [0.25, 0.3) is 0 Å². The van der Waals surface area contributed by atoms with Gasteiger partial charge in [-0.15, -0.1) is 10.2 Å². The molecule has 154 valence electrons. The van der Waals surface area contributed by atoms with Crippen molar-refractivity contribution in [1.29, 1.82) is 0 Å². The molecule has 1 amide bonds. The molecule has 2 aromatic carbocycles. The van der Waals surface area contributed by atoms with Gasteiger partial charge in [-0.2, -0.15) is 0 Å². The highest BCUT2D eigenvalue weighted by Crippen LogP contribution is 2.46. The minimum atomic E-state index is -0.0503. The van der Waals surface area contributed by atoms with Gasteiger partial charge in [0.2, 0.25) is 5.91 Å². The van der Waals surface area contributed by atoms with Crippen LogP contribution in [0.1, 0.15) is 49.0 Å². The minimum absolute atomic E-state index is 0.0503. The summed E-state index contributed by atoms with van der Waals surface area (Å²) in [5, 5.41) is 12.6. The topological polar surface area (TPSA) is 69.0 Å². The van der Waals surface area contributed by atoms with Crippen molar-refractivity contribution in [3.63, 3.8) is 0 Å². The summed E-state index contributed by atoms with van der Waals surface area (Å²) in [6.45, 7) is 2.03. The van der Waals surface area contributed by atoms with Gasteiger partial charge in [0, 0.05) is 17.6 Å². The summed E-state index contributed by atoms with van der Waals surface area (Å²) in [4.78, 5) is 12.4. The Morgan fingerprint density at radius 3 is 2.60 bits per heavy atom. The quantitative estimate of drug-likeness (QED) is 0.499. The number of carbonyl (C=O) groups excluding carboxylic acids is 1. The molecule has 6 nitrogen and oxygen atoms in total. The number of amides is 1. The van der Waals surface area contributed by atoms with Crippen molar-refractivity contribution in [3.05, 3.63) is 59.9 Å². The fraction of sp³-hybridized carbons (Fsp3) is 0.348. The van der Waals surface area contributed by atoms with Gasteiger partial charge in [0.25, 0.3) is 0 Å². The maximum absolute atomic E-state index is 12.4. The fourth-order valence-electron chi connectivity index (χ4n) is 3.43. The molecule has 2 aliphatic carbocycles. The normalized spacial score (nSPS) is 15.8. The van der Waals surface area contributed by atoms with Crippen LogP contribution in [-0.2, 0) is 4.79 Å². The van der Waals surface area contributed by atoms with Crippen LogP contribution in [0.15, 0.2) is 53.7 Å². The smallest absolute Gasteiger partial charge is 0.234 e. The van der Waals surface area contributed by atoms with Gasteiger partial charge >= 0.3 is 0 Å². The number of aryl methyl sites for hydroxylation is 1. The Bertz CT molecular complexity index is 1060. The Morgan fingerprint density at radius 1 is 1.10 bits per heavy atom. The first kappa shape index (κ1) is 19.2. The van der Waals surface area contributed by atoms with E-state index in [-0.39, 0.29) is 5.91 Å². The molecule has 0 spiro atoms. The number of nitrogens with zero attached hydrogens (tertiary/aromatic N) is 3. The number of thioether (sulfide) groups is 1. The molecule has 1 heterocycles. The molecule has 3 aromatic rings. The van der Waals surface area contributed by atoms with Crippen molar-refractivity contribution in [2.24, 2.45) is 0 Å². The molecule has 2 saturated carbocycles. The average molecular weight is 421 g/mol. The van der Waals surface area contributed by atoms with E-state index < -0.39 is 0 Å². The van der Waals surface area contributed by atoms with E-state index in [1.165, 1.54) is 37.4 Å². The van der Waals surface area contributed by atoms with Crippen LogP contribution in [-0.4, -0.2) is 26.4 Å². The van der Waals surface area contributed by atoms with Crippen molar-refractivity contribution in [3.8, 4) is 11.5 Å². The summed E-state index contributed by atoms with van der Waals surface area (Å²) >= 11 is 1.47. The highest BCUT2D eigenvalue weighted by molar-refractivity contribution is 7.99. The van der Waals surface area contributed by atoms with Crippen LogP contribution in [0.4, 0.5) is 5.69 Å². The number of carbonyl (C=O) groups is 1. The number of aromatic nitrogens is 3. The third-order valence-electron chi connectivity index (χ3n) is 5.24. The second-order valence-corrected chi connectivity index (χ2v) is 8.94. The van der Waals surface area contributed by atoms with Gasteiger partial charge in [-0.3, -0.25) is 4.79 Å². The van der Waals surface area contributed by atoms with E-state index in [2.05, 4.69) is 20.1 Å². The molecular formula is C23H24N4O2S. The number of anilines is 1. The van der Waals surface area contributed by atoms with Crippen molar-refractivity contribution < 1.29 is 9.53 Å². The van der Waals surface area contributed by atoms with Gasteiger partial charge in [0.05, 0.1) is 5.75 Å². The molecule has 0 saturated heterocycles. The van der Waals surface area contributed by atoms with Gasteiger partial charge in [-0.05, 0) is 74.6 Å². The zero-order valence-electron chi connectivity index (χ0n) is 16.9. The second kappa shape index (κ2) is 8.14. The lowest BCUT2D eigenvalue weighted by Crippen LogP contribution is -2.14. The third-order valence-corrected chi connectivity index (χ3v) is 6.18. The Kier molecular flexibility index (Phi) is 5.21. The van der Waals surface area contributed by atoms with Crippen molar-refractivity contribution in [2.75, 3.05) is 11.1 Å². The molecule has 0 atom stereocenters. The Morgan fingerprint density at radius 2 is 1.90 bits per heavy atom. The van der Waals surface area contributed by atoms with Gasteiger partial charge in [-0.25, -0.2) is 0 Å². The molecule has 0 aliphatic heterocycles. The maximum atomic E-state index is 12.4. The van der Waals surface area contributed by atoms with E-state index in [0.717, 1.165) is 33.7 Å². The fourth-order valence-corrected chi connectivity index (χ4v) is 4.24. The first-order valence-corrected chi connectivity index (χ1v) is 11.4. The van der Waals surface area contributed by atoms with Gasteiger partial charge in [-0.1, -0.05) is 23.9 Å². The zero-order valence-corrected chi connectivity index (χ0v) is 17.7. The maximum Gasteiger partial charge on any atom is 0.234 e. The Labute approximate surface area is 180 Å². The predicted molar refractivity (Wildman–Crippen MR) is 117 cm³/mol. The number of benzene rings is 2. The molecule has 1 N–H and O–H groups in total. The molecule has 0 unspecified atom stereocenters. The SMILES string of the molecule is Cc1cccc(Oc2ccc(NC(=O)CSc3nnc(C4CC4)n3C3CC3)cc2)c1. The first-order valence-electron chi connectivity index (χ1n) is 10.4. The van der Waals surface area contributed by atoms with Crippen LogP contribution < -0.4 is 10.1 Å². The van der Waals surface area contributed by atoms with E-state index in [1.807, 2.05) is 55.5 Å². The molecule has 5 rings (SSSR count). The molecule has 2 aliphatic rings. The molecule has 1 aromatic heterocycles. The van der Waals surface area contributed by atoms with Gasteiger partial charge < -0.3 is 14.6 Å². The number of hydrogen-bond acceptors (Lipinski definition) is 5. The highest BCUT2D eigenvalue weighted by atomic mass is 32.2. The molecule has 7 heteroatoms. The lowest BCUT2D eigenvalue weighted by atomic mass is 10.2. The van der Waals surface area contributed by atoms with E-state index in [4.69, 9.17) is 4.74 Å². The number of ether oxygens (including phenoxy) is 1. The Hall–Kier alpha value is -2.80. The van der Waals surface area contributed by atoms with Crippen LogP contribution in [0.2, 0.25) is 0 Å². The number of rotatable bonds is 8. The van der Waals surface area contributed by atoms with E-state index in [0.29, 0.717) is 17.7 Å². The van der Waals surface area contributed by atoms with E-state index in [1.54, 1.807) is 0 Å².